The zero-order valence-electron chi connectivity index (χ0n) is 19.8. The van der Waals surface area contributed by atoms with Gasteiger partial charge in [0.15, 0.2) is 28.4 Å². The van der Waals surface area contributed by atoms with E-state index in [2.05, 4.69) is 53.3 Å². The zero-order chi connectivity index (χ0) is 25.5. The maximum Gasteiger partial charge on any atom is 0.280 e. The summed E-state index contributed by atoms with van der Waals surface area (Å²) in [5.41, 5.74) is 20.5. The van der Waals surface area contributed by atoms with Crippen LogP contribution in [0.4, 0.5) is 11.6 Å². The summed E-state index contributed by atoms with van der Waals surface area (Å²) in [6, 6.07) is 8.28. The highest BCUT2D eigenvalue weighted by molar-refractivity contribution is 6.31. The van der Waals surface area contributed by atoms with Crippen molar-refractivity contribution in [3.8, 4) is 0 Å². The summed E-state index contributed by atoms with van der Waals surface area (Å²) < 4.78 is 0. The molecule has 12 heteroatoms. The Morgan fingerprint density at radius 3 is 2.58 bits per heavy atom. The molecule has 0 spiro atoms. The molecule has 7 N–H and O–H groups in total. The van der Waals surface area contributed by atoms with Crippen LogP contribution in [-0.4, -0.2) is 55.8 Å². The highest BCUT2D eigenvalue weighted by atomic mass is 35.5. The predicted octanol–water partition coefficient (Wildman–Crippen LogP) is 1.58. The Morgan fingerprint density at radius 2 is 1.89 bits per heavy atom. The number of nitrogens with zero attached hydrogens (tertiary/aromatic N) is 6. The molecule has 3 aromatic rings. The number of aryl methyl sites for hydroxylation is 2. The molecule has 0 atom stereocenters. The first-order chi connectivity index (χ1) is 17.4. The number of piperidine rings is 1. The molecule has 1 aliphatic heterocycles. The first-order valence-corrected chi connectivity index (χ1v) is 12.0. The van der Waals surface area contributed by atoms with Gasteiger partial charge in [-0.25, -0.2) is 15.0 Å². The van der Waals surface area contributed by atoms with Crippen LogP contribution in [0.5, 0.6) is 0 Å². The van der Waals surface area contributed by atoms with Gasteiger partial charge in [0, 0.05) is 43.9 Å². The number of likely N-dealkylation sites (tertiary alicyclic amines) is 1. The average molecular weight is 509 g/mol. The molecule has 3 aromatic heterocycles. The van der Waals surface area contributed by atoms with Crippen LogP contribution in [0.1, 0.15) is 40.2 Å². The number of hydrogen-bond donors (Lipinski definition) is 4. The van der Waals surface area contributed by atoms with Gasteiger partial charge in [0.2, 0.25) is 0 Å². The molecule has 11 nitrogen and oxygen atoms in total. The first-order valence-electron chi connectivity index (χ1n) is 11.7. The fourth-order valence-corrected chi connectivity index (χ4v) is 4.12. The number of amides is 1. The van der Waals surface area contributed by atoms with E-state index in [4.69, 9.17) is 28.8 Å². The SMILES string of the molecule is NC(=NC1CCN(Cc2ccc(CCc3cccnc3)nc2)CC1)NC(=O)c1nc(Cl)c(N)nc1N. The molecule has 0 saturated carbocycles. The number of aromatic nitrogens is 4. The molecule has 0 unspecified atom stereocenters. The smallest absolute Gasteiger partial charge is 0.280 e. The summed E-state index contributed by atoms with van der Waals surface area (Å²) in [5, 5.41) is 2.38. The number of rotatable bonds is 7. The molecule has 4 rings (SSSR count). The number of nitrogen functional groups attached to an aromatic ring is 2. The van der Waals surface area contributed by atoms with Crippen molar-refractivity contribution in [2.45, 2.75) is 38.3 Å². The average Bonchev–Trinajstić information content (AvgIpc) is 2.87. The number of guanidine groups is 1. The molecule has 188 valence electrons. The van der Waals surface area contributed by atoms with Gasteiger partial charge in [0.1, 0.15) is 0 Å². The van der Waals surface area contributed by atoms with Crippen LogP contribution >= 0.6 is 11.6 Å². The summed E-state index contributed by atoms with van der Waals surface area (Å²) in [7, 11) is 0. The van der Waals surface area contributed by atoms with Gasteiger partial charge in [-0.15, -0.1) is 0 Å². The number of anilines is 2. The molecule has 1 aliphatic rings. The molecular weight excluding hydrogens is 480 g/mol. The fourth-order valence-electron chi connectivity index (χ4n) is 3.99. The third kappa shape index (κ3) is 6.86. The number of hydrogen-bond acceptors (Lipinski definition) is 9. The minimum Gasteiger partial charge on any atom is -0.382 e. The standard InChI is InChI=1S/C24H29ClN10O/c25-20-22(27)33-21(26)19(32-20)23(36)34-24(28)31-18-7-10-35(11-8-18)14-16-4-6-17(30-13-16)5-3-15-2-1-9-29-12-15/h1-2,4,6,9,12-13,18H,3,5,7-8,10-11,14H2,(H4,26,27,33)(H3,28,31,34,36). The van der Waals surface area contributed by atoms with E-state index in [-0.39, 0.29) is 34.5 Å². The van der Waals surface area contributed by atoms with Gasteiger partial charge in [-0.05, 0) is 48.9 Å². The number of carbonyl (C=O) groups is 1. The van der Waals surface area contributed by atoms with E-state index in [0.717, 1.165) is 51.0 Å². The number of halogens is 1. The fraction of sp³-hybridized carbons (Fsp3) is 0.333. The quantitative estimate of drug-likeness (QED) is 0.272. The Morgan fingerprint density at radius 1 is 1.08 bits per heavy atom. The van der Waals surface area contributed by atoms with Gasteiger partial charge in [0.05, 0.1) is 6.04 Å². The summed E-state index contributed by atoms with van der Waals surface area (Å²) in [6.45, 7) is 2.56. The number of nitrogens with one attached hydrogen (secondary N) is 1. The van der Waals surface area contributed by atoms with Gasteiger partial charge in [-0.2, -0.15) is 0 Å². The first kappa shape index (κ1) is 25.3. The summed E-state index contributed by atoms with van der Waals surface area (Å²) >= 11 is 5.83. The van der Waals surface area contributed by atoms with Crippen LogP contribution in [0.15, 0.2) is 47.8 Å². The van der Waals surface area contributed by atoms with Crippen LogP contribution < -0.4 is 22.5 Å². The monoisotopic (exact) mass is 508 g/mol. The second-order valence-corrected chi connectivity index (χ2v) is 8.99. The lowest BCUT2D eigenvalue weighted by Crippen LogP contribution is -2.40. The van der Waals surface area contributed by atoms with Gasteiger partial charge in [-0.3, -0.25) is 25.0 Å². The highest BCUT2D eigenvalue weighted by Gasteiger charge is 2.21. The lowest BCUT2D eigenvalue weighted by Gasteiger charge is -2.30. The van der Waals surface area contributed by atoms with E-state index in [9.17, 15) is 4.79 Å². The van der Waals surface area contributed by atoms with Gasteiger partial charge in [-0.1, -0.05) is 23.7 Å². The van der Waals surface area contributed by atoms with Gasteiger partial charge < -0.3 is 17.2 Å². The van der Waals surface area contributed by atoms with E-state index < -0.39 is 5.91 Å². The van der Waals surface area contributed by atoms with Crippen LogP contribution in [0, 0.1) is 0 Å². The zero-order valence-corrected chi connectivity index (χ0v) is 20.5. The Balaban J connectivity index is 1.23. The van der Waals surface area contributed by atoms with Crippen molar-refractivity contribution in [2.75, 3.05) is 24.6 Å². The maximum absolute atomic E-state index is 12.4. The number of carbonyl (C=O) groups excluding carboxylic acids is 1. The topological polar surface area (TPSA) is 174 Å². The van der Waals surface area contributed by atoms with E-state index in [0.29, 0.717) is 0 Å². The highest BCUT2D eigenvalue weighted by Crippen LogP contribution is 2.18. The van der Waals surface area contributed by atoms with E-state index in [1.807, 2.05) is 18.5 Å². The summed E-state index contributed by atoms with van der Waals surface area (Å²) in [6.07, 6.45) is 9.08. The summed E-state index contributed by atoms with van der Waals surface area (Å²) in [4.78, 5) is 35.6. The van der Waals surface area contributed by atoms with Crippen LogP contribution in [0.2, 0.25) is 5.15 Å². The minimum atomic E-state index is -0.642. The largest absolute Gasteiger partial charge is 0.382 e. The molecule has 1 fully saturated rings. The van der Waals surface area contributed by atoms with Crippen molar-refractivity contribution in [1.82, 2.24) is 30.2 Å². The Kier molecular flexibility index (Phi) is 8.24. The van der Waals surface area contributed by atoms with E-state index >= 15 is 0 Å². The molecule has 1 saturated heterocycles. The second-order valence-electron chi connectivity index (χ2n) is 8.63. The third-order valence-electron chi connectivity index (χ3n) is 5.93. The van der Waals surface area contributed by atoms with Crippen molar-refractivity contribution < 1.29 is 4.79 Å². The molecule has 36 heavy (non-hydrogen) atoms. The molecule has 0 aliphatic carbocycles. The van der Waals surface area contributed by atoms with Crippen LogP contribution in [-0.2, 0) is 19.4 Å². The van der Waals surface area contributed by atoms with Crippen molar-refractivity contribution in [3.63, 3.8) is 0 Å². The van der Waals surface area contributed by atoms with Gasteiger partial charge >= 0.3 is 0 Å². The minimum absolute atomic E-state index is 0.00123. The molecule has 1 amide bonds. The van der Waals surface area contributed by atoms with Crippen molar-refractivity contribution >= 4 is 35.1 Å². The van der Waals surface area contributed by atoms with Gasteiger partial charge in [0.25, 0.3) is 5.91 Å². The van der Waals surface area contributed by atoms with Crippen molar-refractivity contribution in [3.05, 3.63) is 70.5 Å². The Hall–Kier alpha value is -3.83. The molecule has 0 radical (unpaired) electrons. The number of aliphatic imine (C=N–C) groups is 1. The molecular formula is C24H29ClN10O. The molecule has 0 bridgehead atoms. The summed E-state index contributed by atoms with van der Waals surface area (Å²) in [5.74, 6) is -0.825. The molecule has 0 aromatic carbocycles. The van der Waals surface area contributed by atoms with Crippen molar-refractivity contribution in [1.29, 1.82) is 0 Å². The van der Waals surface area contributed by atoms with Crippen molar-refractivity contribution in [2.24, 2.45) is 10.7 Å². The Bertz CT molecular complexity index is 1210. The lowest BCUT2D eigenvalue weighted by molar-refractivity contribution is 0.0972. The van der Waals surface area contributed by atoms with Crippen LogP contribution in [0.3, 0.4) is 0 Å². The number of pyridine rings is 2. The van der Waals surface area contributed by atoms with E-state index in [1.54, 1.807) is 6.20 Å². The van der Waals surface area contributed by atoms with Crippen LogP contribution in [0.25, 0.3) is 0 Å². The second kappa shape index (κ2) is 11.7. The number of nitrogens with two attached hydrogens (primary N) is 3. The predicted molar refractivity (Wildman–Crippen MR) is 139 cm³/mol. The lowest BCUT2D eigenvalue weighted by atomic mass is 10.0. The normalized spacial score (nSPS) is 15.1. The maximum atomic E-state index is 12.4. The third-order valence-corrected chi connectivity index (χ3v) is 6.20. The van der Waals surface area contributed by atoms with E-state index in [1.165, 1.54) is 11.1 Å². The molecule has 4 heterocycles. The Labute approximate surface area is 214 Å².